The zero-order valence-electron chi connectivity index (χ0n) is 9.99. The standard InChI is InChI=1S/C12H22N4/c13-9-5-2-1-3-7-11-14-15-12-8-4-6-10-16(11)12/h1-10,13H2. The van der Waals surface area contributed by atoms with Crippen molar-refractivity contribution in [2.75, 3.05) is 6.54 Å². The van der Waals surface area contributed by atoms with Crippen LogP contribution in [0, 0.1) is 0 Å². The van der Waals surface area contributed by atoms with Crippen molar-refractivity contribution in [1.82, 2.24) is 14.8 Å². The highest BCUT2D eigenvalue weighted by atomic mass is 15.3. The molecule has 1 aromatic heterocycles. The van der Waals surface area contributed by atoms with Gasteiger partial charge in [0.25, 0.3) is 0 Å². The Hall–Kier alpha value is -0.900. The predicted molar refractivity (Wildman–Crippen MR) is 64.2 cm³/mol. The largest absolute Gasteiger partial charge is 0.330 e. The van der Waals surface area contributed by atoms with Crippen molar-refractivity contribution in [3.05, 3.63) is 11.6 Å². The number of aromatic nitrogens is 3. The second-order valence-corrected chi connectivity index (χ2v) is 4.59. The van der Waals surface area contributed by atoms with Crippen LogP contribution in [0.2, 0.25) is 0 Å². The molecule has 1 aromatic rings. The third-order valence-corrected chi connectivity index (χ3v) is 3.29. The van der Waals surface area contributed by atoms with Gasteiger partial charge in [-0.25, -0.2) is 0 Å². The molecule has 0 bridgehead atoms. The van der Waals surface area contributed by atoms with E-state index in [0.29, 0.717) is 0 Å². The lowest BCUT2D eigenvalue weighted by atomic mass is 10.1. The Morgan fingerprint density at radius 3 is 2.81 bits per heavy atom. The molecule has 0 aromatic carbocycles. The molecule has 0 amide bonds. The Kier molecular flexibility index (Phi) is 4.34. The van der Waals surface area contributed by atoms with Gasteiger partial charge in [0.1, 0.15) is 11.6 Å². The van der Waals surface area contributed by atoms with E-state index in [1.165, 1.54) is 43.8 Å². The highest BCUT2D eigenvalue weighted by molar-refractivity contribution is 4.98. The maximum absolute atomic E-state index is 5.47. The Morgan fingerprint density at radius 2 is 1.94 bits per heavy atom. The summed E-state index contributed by atoms with van der Waals surface area (Å²) in [6, 6.07) is 0. The first-order valence-electron chi connectivity index (χ1n) is 6.53. The van der Waals surface area contributed by atoms with E-state index in [0.717, 1.165) is 32.4 Å². The van der Waals surface area contributed by atoms with Crippen LogP contribution < -0.4 is 5.73 Å². The highest BCUT2D eigenvalue weighted by Crippen LogP contribution is 2.15. The molecule has 2 N–H and O–H groups in total. The van der Waals surface area contributed by atoms with Crippen molar-refractivity contribution in [1.29, 1.82) is 0 Å². The summed E-state index contributed by atoms with van der Waals surface area (Å²) in [4.78, 5) is 0. The molecule has 0 atom stereocenters. The molecule has 0 saturated heterocycles. The number of hydrogen-bond acceptors (Lipinski definition) is 3. The third kappa shape index (κ3) is 2.82. The molecule has 0 unspecified atom stereocenters. The van der Waals surface area contributed by atoms with Crippen LogP contribution in [0.1, 0.15) is 50.2 Å². The summed E-state index contributed by atoms with van der Waals surface area (Å²) in [6.45, 7) is 1.95. The van der Waals surface area contributed by atoms with Gasteiger partial charge in [0, 0.05) is 19.4 Å². The molecule has 4 nitrogen and oxygen atoms in total. The van der Waals surface area contributed by atoms with Crippen LogP contribution >= 0.6 is 0 Å². The first-order valence-corrected chi connectivity index (χ1v) is 6.53. The number of rotatable bonds is 6. The molecule has 90 valence electrons. The monoisotopic (exact) mass is 222 g/mol. The quantitative estimate of drug-likeness (QED) is 0.745. The summed E-state index contributed by atoms with van der Waals surface area (Å²) in [5.74, 6) is 2.39. The van der Waals surface area contributed by atoms with Crippen molar-refractivity contribution in [2.45, 2.75) is 57.9 Å². The van der Waals surface area contributed by atoms with E-state index in [9.17, 15) is 0 Å². The van der Waals surface area contributed by atoms with E-state index in [1.807, 2.05) is 0 Å². The summed E-state index contributed by atoms with van der Waals surface area (Å²) < 4.78 is 2.33. The molecular formula is C12H22N4. The van der Waals surface area contributed by atoms with Gasteiger partial charge in [0.05, 0.1) is 0 Å². The van der Waals surface area contributed by atoms with Crippen LogP contribution in [0.5, 0.6) is 0 Å². The van der Waals surface area contributed by atoms with Crippen molar-refractivity contribution in [3.8, 4) is 0 Å². The molecule has 0 aliphatic carbocycles. The maximum Gasteiger partial charge on any atom is 0.132 e. The van der Waals surface area contributed by atoms with Crippen molar-refractivity contribution in [2.24, 2.45) is 5.73 Å². The fourth-order valence-electron chi connectivity index (χ4n) is 2.33. The molecule has 2 heterocycles. The van der Waals surface area contributed by atoms with Crippen LogP contribution in [0.3, 0.4) is 0 Å². The van der Waals surface area contributed by atoms with Crippen molar-refractivity contribution in [3.63, 3.8) is 0 Å². The van der Waals surface area contributed by atoms with E-state index in [4.69, 9.17) is 5.73 Å². The SMILES string of the molecule is NCCCCCCc1nnc2n1CCCC2. The van der Waals surface area contributed by atoms with Gasteiger partial charge in [0.2, 0.25) is 0 Å². The number of unbranched alkanes of at least 4 members (excludes halogenated alkanes) is 3. The van der Waals surface area contributed by atoms with Crippen LogP contribution in [0.25, 0.3) is 0 Å². The summed E-state index contributed by atoms with van der Waals surface area (Å²) >= 11 is 0. The predicted octanol–water partition coefficient (Wildman–Crippen LogP) is 1.68. The van der Waals surface area contributed by atoms with Crippen LogP contribution in [-0.2, 0) is 19.4 Å². The lowest BCUT2D eigenvalue weighted by Crippen LogP contribution is -2.13. The molecule has 0 fully saturated rings. The number of nitrogens with two attached hydrogens (primary N) is 1. The lowest BCUT2D eigenvalue weighted by molar-refractivity contribution is 0.501. The summed E-state index contributed by atoms with van der Waals surface area (Å²) in [6.07, 6.45) is 9.63. The number of hydrogen-bond donors (Lipinski definition) is 1. The Bertz CT molecular complexity index is 319. The van der Waals surface area contributed by atoms with Gasteiger partial charge in [-0.1, -0.05) is 12.8 Å². The zero-order chi connectivity index (χ0) is 11.2. The highest BCUT2D eigenvalue weighted by Gasteiger charge is 2.14. The minimum atomic E-state index is 0.820. The molecule has 0 radical (unpaired) electrons. The molecule has 1 aliphatic heterocycles. The maximum atomic E-state index is 5.47. The first kappa shape index (κ1) is 11.6. The minimum absolute atomic E-state index is 0.820. The summed E-state index contributed by atoms with van der Waals surface area (Å²) in [5, 5.41) is 8.57. The third-order valence-electron chi connectivity index (χ3n) is 3.29. The topological polar surface area (TPSA) is 56.7 Å². The van der Waals surface area contributed by atoms with E-state index >= 15 is 0 Å². The number of aryl methyl sites for hydroxylation is 2. The van der Waals surface area contributed by atoms with Gasteiger partial charge in [-0.05, 0) is 32.2 Å². The second-order valence-electron chi connectivity index (χ2n) is 4.59. The van der Waals surface area contributed by atoms with Gasteiger partial charge >= 0.3 is 0 Å². The molecule has 0 spiro atoms. The van der Waals surface area contributed by atoms with Gasteiger partial charge in [0.15, 0.2) is 0 Å². The van der Waals surface area contributed by atoms with Gasteiger partial charge in [-0.2, -0.15) is 0 Å². The Morgan fingerprint density at radius 1 is 1.06 bits per heavy atom. The number of fused-ring (bicyclic) bond motifs is 1. The van der Waals surface area contributed by atoms with Gasteiger partial charge in [-0.15, -0.1) is 10.2 Å². The number of nitrogens with zero attached hydrogens (tertiary/aromatic N) is 3. The van der Waals surface area contributed by atoms with E-state index in [2.05, 4.69) is 14.8 Å². The molecule has 2 rings (SSSR count). The van der Waals surface area contributed by atoms with E-state index in [1.54, 1.807) is 0 Å². The van der Waals surface area contributed by atoms with Crippen LogP contribution in [0.4, 0.5) is 0 Å². The average Bonchev–Trinajstić information content (AvgIpc) is 2.73. The molecule has 0 saturated carbocycles. The van der Waals surface area contributed by atoms with Crippen molar-refractivity contribution < 1.29 is 0 Å². The van der Waals surface area contributed by atoms with Gasteiger partial charge < -0.3 is 10.3 Å². The summed E-state index contributed by atoms with van der Waals surface area (Å²) in [7, 11) is 0. The molecule has 4 heteroatoms. The average molecular weight is 222 g/mol. The van der Waals surface area contributed by atoms with E-state index in [-0.39, 0.29) is 0 Å². The van der Waals surface area contributed by atoms with Gasteiger partial charge in [-0.3, -0.25) is 0 Å². The van der Waals surface area contributed by atoms with Crippen LogP contribution in [-0.4, -0.2) is 21.3 Å². The minimum Gasteiger partial charge on any atom is -0.330 e. The second kappa shape index (κ2) is 5.99. The summed E-state index contributed by atoms with van der Waals surface area (Å²) in [5.41, 5.74) is 5.47. The molecule has 1 aliphatic rings. The van der Waals surface area contributed by atoms with E-state index < -0.39 is 0 Å². The Labute approximate surface area is 97.2 Å². The smallest absolute Gasteiger partial charge is 0.132 e. The zero-order valence-corrected chi connectivity index (χ0v) is 9.99. The van der Waals surface area contributed by atoms with Crippen LogP contribution in [0.15, 0.2) is 0 Å². The Balaban J connectivity index is 1.78. The van der Waals surface area contributed by atoms with Crippen molar-refractivity contribution >= 4 is 0 Å². The lowest BCUT2D eigenvalue weighted by Gasteiger charge is -2.14. The molecular weight excluding hydrogens is 200 g/mol. The normalized spacial score (nSPS) is 15.1. The first-order chi connectivity index (χ1) is 7.92. The fraction of sp³-hybridized carbons (Fsp3) is 0.833. The fourth-order valence-corrected chi connectivity index (χ4v) is 2.33. The molecule has 16 heavy (non-hydrogen) atoms.